The minimum Gasteiger partial charge on any atom is -0.368 e. The van der Waals surface area contributed by atoms with Gasteiger partial charge in [0.15, 0.2) is 0 Å². The smallest absolute Gasteiger partial charge is 0.277 e. The molecule has 0 bridgehead atoms. The van der Waals surface area contributed by atoms with Crippen molar-refractivity contribution in [2.24, 2.45) is 0 Å². The van der Waals surface area contributed by atoms with Crippen LogP contribution in [0.15, 0.2) is 54.6 Å². The van der Waals surface area contributed by atoms with Crippen LogP contribution in [0.5, 0.6) is 0 Å². The second kappa shape index (κ2) is 8.60. The van der Waals surface area contributed by atoms with Gasteiger partial charge in [0.1, 0.15) is 0 Å². The summed E-state index contributed by atoms with van der Waals surface area (Å²) < 4.78 is 0. The molecule has 0 unspecified atom stereocenters. The zero-order chi connectivity index (χ0) is 22.8. The lowest BCUT2D eigenvalue weighted by atomic mass is 10.1. The van der Waals surface area contributed by atoms with E-state index in [0.717, 1.165) is 60.8 Å². The molecule has 1 saturated heterocycles. The predicted octanol–water partition coefficient (Wildman–Crippen LogP) is 3.66. The second-order valence-electron chi connectivity index (χ2n) is 7.71. The third-order valence-electron chi connectivity index (χ3n) is 5.55. The van der Waals surface area contributed by atoms with Crippen LogP contribution >= 0.6 is 0 Å². The minimum atomic E-state index is -0.762. The molecule has 1 amide bonds. The number of fused-ring (bicyclic) bond motifs is 1. The Labute approximate surface area is 183 Å². The van der Waals surface area contributed by atoms with Crippen LogP contribution in [0.2, 0.25) is 0 Å². The lowest BCUT2D eigenvalue weighted by Gasteiger charge is -2.34. The molecule has 0 saturated carbocycles. The average molecular weight is 435 g/mol. The van der Waals surface area contributed by atoms with Crippen LogP contribution in [0.1, 0.15) is 10.4 Å². The molecule has 1 fully saturated rings. The Bertz CT molecular complexity index is 1190. The zero-order valence-electron chi connectivity index (χ0n) is 17.4. The summed E-state index contributed by atoms with van der Waals surface area (Å²) in [5, 5.41) is 26.9. The summed E-state index contributed by atoms with van der Waals surface area (Å²) in [6.45, 7) is 3.70. The Kier molecular flexibility index (Phi) is 5.69. The van der Waals surface area contributed by atoms with Crippen molar-refractivity contribution in [2.45, 2.75) is 0 Å². The van der Waals surface area contributed by atoms with Crippen LogP contribution in [-0.4, -0.2) is 53.9 Å². The second-order valence-corrected chi connectivity index (χ2v) is 7.71. The fourth-order valence-electron chi connectivity index (χ4n) is 3.80. The number of piperazine rings is 1. The van der Waals surface area contributed by atoms with Crippen molar-refractivity contribution in [3.8, 4) is 0 Å². The molecule has 164 valence electrons. The number of rotatable bonds is 5. The number of nitrogens with one attached hydrogen (secondary N) is 1. The van der Waals surface area contributed by atoms with Crippen LogP contribution in [0.4, 0.5) is 22.7 Å². The van der Waals surface area contributed by atoms with Crippen molar-refractivity contribution in [2.75, 3.05) is 43.4 Å². The first-order valence-corrected chi connectivity index (χ1v) is 10.0. The van der Waals surface area contributed by atoms with Crippen molar-refractivity contribution in [3.63, 3.8) is 0 Å². The Morgan fingerprint density at radius 3 is 2.19 bits per heavy atom. The number of hydrogen-bond donors (Lipinski definition) is 1. The number of nitro benzene ring substituents is 2. The Hall–Kier alpha value is -4.05. The molecule has 32 heavy (non-hydrogen) atoms. The number of likely N-dealkylation sites (N-methyl/N-ethyl adjacent to an activating group) is 1. The number of amides is 1. The molecule has 0 atom stereocenters. The van der Waals surface area contributed by atoms with Gasteiger partial charge in [0, 0.05) is 55.1 Å². The molecule has 0 aliphatic carbocycles. The van der Waals surface area contributed by atoms with E-state index in [1.165, 1.54) is 0 Å². The summed E-state index contributed by atoms with van der Waals surface area (Å²) in [5.41, 5.74) is 0.384. The van der Waals surface area contributed by atoms with Crippen LogP contribution in [0, 0.1) is 20.2 Å². The van der Waals surface area contributed by atoms with E-state index in [1.54, 1.807) is 6.07 Å². The van der Waals surface area contributed by atoms with Gasteiger partial charge in [0.05, 0.1) is 21.5 Å². The van der Waals surface area contributed by atoms with Gasteiger partial charge in [-0.3, -0.25) is 25.0 Å². The summed E-state index contributed by atoms with van der Waals surface area (Å²) in [4.78, 5) is 38.0. The van der Waals surface area contributed by atoms with Gasteiger partial charge in [-0.2, -0.15) is 0 Å². The lowest BCUT2D eigenvalue weighted by molar-refractivity contribution is -0.394. The maximum absolute atomic E-state index is 12.8. The van der Waals surface area contributed by atoms with Gasteiger partial charge in [-0.1, -0.05) is 18.2 Å². The third-order valence-corrected chi connectivity index (χ3v) is 5.55. The first-order valence-electron chi connectivity index (χ1n) is 10.0. The highest BCUT2D eigenvalue weighted by Crippen LogP contribution is 2.30. The topological polar surface area (TPSA) is 122 Å². The SMILES string of the molecule is CN1CCN(c2cccc3ccc(NC(=O)c4cc([N+](=O)[O-])cc([N+](=O)[O-])c4)cc23)CC1. The van der Waals surface area contributed by atoms with Gasteiger partial charge in [0.2, 0.25) is 0 Å². The number of nitro groups is 2. The maximum Gasteiger partial charge on any atom is 0.277 e. The van der Waals surface area contributed by atoms with Crippen LogP contribution in [0.3, 0.4) is 0 Å². The van der Waals surface area contributed by atoms with Gasteiger partial charge in [-0.05, 0) is 30.6 Å². The van der Waals surface area contributed by atoms with Crippen molar-refractivity contribution >= 4 is 39.4 Å². The van der Waals surface area contributed by atoms with E-state index >= 15 is 0 Å². The fraction of sp³-hybridized carbons (Fsp3) is 0.227. The lowest BCUT2D eigenvalue weighted by Crippen LogP contribution is -2.44. The molecule has 10 nitrogen and oxygen atoms in total. The van der Waals surface area contributed by atoms with Crippen LogP contribution in [0.25, 0.3) is 10.8 Å². The molecule has 1 aliphatic heterocycles. The highest BCUT2D eigenvalue weighted by molar-refractivity contribution is 6.07. The van der Waals surface area contributed by atoms with E-state index in [-0.39, 0.29) is 5.56 Å². The van der Waals surface area contributed by atoms with Gasteiger partial charge >= 0.3 is 0 Å². The summed E-state index contributed by atoms with van der Waals surface area (Å²) in [6, 6.07) is 14.4. The van der Waals surface area contributed by atoms with E-state index in [0.29, 0.717) is 5.69 Å². The van der Waals surface area contributed by atoms with E-state index in [1.807, 2.05) is 30.3 Å². The zero-order valence-corrected chi connectivity index (χ0v) is 17.4. The summed E-state index contributed by atoms with van der Waals surface area (Å²) in [5.74, 6) is -0.659. The van der Waals surface area contributed by atoms with Crippen molar-refractivity contribution in [1.82, 2.24) is 4.90 Å². The predicted molar refractivity (Wildman–Crippen MR) is 121 cm³/mol. The highest BCUT2D eigenvalue weighted by Gasteiger charge is 2.21. The van der Waals surface area contributed by atoms with Crippen molar-refractivity contribution in [1.29, 1.82) is 0 Å². The summed E-state index contributed by atoms with van der Waals surface area (Å²) >= 11 is 0. The fourth-order valence-corrected chi connectivity index (χ4v) is 3.80. The molecule has 3 aromatic rings. The number of hydrogen-bond acceptors (Lipinski definition) is 7. The molecular weight excluding hydrogens is 414 g/mol. The van der Waals surface area contributed by atoms with Crippen molar-refractivity contribution in [3.05, 3.63) is 80.4 Å². The monoisotopic (exact) mass is 435 g/mol. The molecule has 0 spiro atoms. The van der Waals surface area contributed by atoms with E-state index in [4.69, 9.17) is 0 Å². The van der Waals surface area contributed by atoms with Crippen LogP contribution < -0.4 is 10.2 Å². The first-order chi connectivity index (χ1) is 15.3. The third kappa shape index (κ3) is 4.35. The van der Waals surface area contributed by atoms with E-state index in [2.05, 4.69) is 22.2 Å². The highest BCUT2D eigenvalue weighted by atomic mass is 16.6. The molecular formula is C22H21N5O5. The molecule has 1 aliphatic rings. The van der Waals surface area contributed by atoms with E-state index < -0.39 is 27.1 Å². The van der Waals surface area contributed by atoms with Crippen LogP contribution in [-0.2, 0) is 0 Å². The Balaban J connectivity index is 1.65. The van der Waals surface area contributed by atoms with Crippen molar-refractivity contribution < 1.29 is 14.6 Å². The average Bonchev–Trinajstić information content (AvgIpc) is 2.79. The number of anilines is 2. The molecule has 0 radical (unpaired) electrons. The standard InChI is InChI=1S/C22H21N5O5/c1-24-7-9-25(10-8-24)21-4-2-3-15-5-6-17(13-20(15)21)23-22(28)16-11-18(26(29)30)14-19(12-16)27(31)32/h2-6,11-14H,7-10H2,1H3,(H,23,28). The maximum atomic E-state index is 12.8. The number of non-ortho nitro benzene ring substituents is 2. The Morgan fingerprint density at radius 2 is 1.56 bits per heavy atom. The van der Waals surface area contributed by atoms with Gasteiger partial charge < -0.3 is 15.1 Å². The first kappa shape index (κ1) is 21.2. The molecule has 3 aromatic carbocycles. The van der Waals surface area contributed by atoms with Gasteiger partial charge in [0.25, 0.3) is 17.3 Å². The number of carbonyl (C=O) groups is 1. The summed E-state index contributed by atoms with van der Waals surface area (Å²) in [7, 11) is 2.09. The minimum absolute atomic E-state index is 0.154. The summed E-state index contributed by atoms with van der Waals surface area (Å²) in [6.07, 6.45) is 0. The normalized spacial score (nSPS) is 14.3. The quantitative estimate of drug-likeness (QED) is 0.479. The largest absolute Gasteiger partial charge is 0.368 e. The van der Waals surface area contributed by atoms with E-state index in [9.17, 15) is 25.0 Å². The number of carbonyl (C=O) groups excluding carboxylic acids is 1. The Morgan fingerprint density at radius 1 is 0.906 bits per heavy atom. The molecule has 10 heteroatoms. The number of nitrogens with zero attached hydrogens (tertiary/aromatic N) is 4. The van der Waals surface area contributed by atoms with Gasteiger partial charge in [-0.25, -0.2) is 0 Å². The number of benzene rings is 3. The van der Waals surface area contributed by atoms with Gasteiger partial charge in [-0.15, -0.1) is 0 Å². The molecule has 1 N–H and O–H groups in total. The molecule has 4 rings (SSSR count). The molecule has 1 heterocycles. The molecule has 0 aromatic heterocycles.